The van der Waals surface area contributed by atoms with Gasteiger partial charge in [-0.2, -0.15) is 18.3 Å². The number of hydrogen-bond donors (Lipinski definition) is 2. The van der Waals surface area contributed by atoms with Crippen molar-refractivity contribution < 1.29 is 18.0 Å². The molecule has 6 nitrogen and oxygen atoms in total. The monoisotopic (exact) mass is 402 g/mol. The molecule has 0 spiro atoms. The molecule has 1 unspecified atom stereocenters. The van der Waals surface area contributed by atoms with Gasteiger partial charge in [0, 0.05) is 24.3 Å². The molecule has 2 N–H and O–H groups in total. The van der Waals surface area contributed by atoms with E-state index in [1.807, 2.05) is 0 Å². The molecule has 1 aliphatic heterocycles. The summed E-state index contributed by atoms with van der Waals surface area (Å²) < 4.78 is 40.8. The third-order valence-corrected chi connectivity index (χ3v) is 4.16. The van der Waals surface area contributed by atoms with Gasteiger partial charge < -0.3 is 10.6 Å². The number of nitrogens with zero attached hydrogens (tertiary/aromatic N) is 2. The van der Waals surface area contributed by atoms with Crippen LogP contribution in [0.25, 0.3) is 5.69 Å². The number of aromatic nitrogens is 2. The van der Waals surface area contributed by atoms with Gasteiger partial charge >= 0.3 is 6.18 Å². The fourth-order valence-electron chi connectivity index (χ4n) is 2.88. The first-order chi connectivity index (χ1) is 12.3. The van der Waals surface area contributed by atoms with Crippen LogP contribution in [-0.4, -0.2) is 34.8 Å². The van der Waals surface area contributed by atoms with Crippen molar-refractivity contribution in [1.29, 1.82) is 0 Å². The average Bonchev–Trinajstić information content (AvgIpc) is 3.07. The summed E-state index contributed by atoms with van der Waals surface area (Å²) >= 11 is 0. The molecule has 2 aromatic rings. The third-order valence-electron chi connectivity index (χ3n) is 4.16. The minimum absolute atomic E-state index is 0. The molecule has 27 heavy (non-hydrogen) atoms. The van der Waals surface area contributed by atoms with E-state index in [1.54, 1.807) is 0 Å². The second-order valence-corrected chi connectivity index (χ2v) is 6.09. The SMILES string of the molecule is Cc1cc(=O)c(C(=O)NC2CCNC2)nn1-c1ccccc1C(F)(F)F.Cl. The Hall–Kier alpha value is -2.39. The maximum absolute atomic E-state index is 13.3. The van der Waals surface area contributed by atoms with E-state index in [9.17, 15) is 22.8 Å². The van der Waals surface area contributed by atoms with Crippen molar-refractivity contribution in [1.82, 2.24) is 20.4 Å². The van der Waals surface area contributed by atoms with Crippen LogP contribution >= 0.6 is 12.4 Å². The van der Waals surface area contributed by atoms with Crippen LogP contribution in [0.5, 0.6) is 0 Å². The van der Waals surface area contributed by atoms with Gasteiger partial charge in [0.15, 0.2) is 5.69 Å². The lowest BCUT2D eigenvalue weighted by atomic mass is 10.1. The summed E-state index contributed by atoms with van der Waals surface area (Å²) in [5, 5.41) is 9.68. The van der Waals surface area contributed by atoms with Gasteiger partial charge in [0.1, 0.15) is 0 Å². The van der Waals surface area contributed by atoms with Crippen LogP contribution in [0.1, 0.15) is 28.2 Å². The number of aryl methyl sites for hydroxylation is 1. The highest BCUT2D eigenvalue weighted by Crippen LogP contribution is 2.33. The van der Waals surface area contributed by atoms with Crippen LogP contribution < -0.4 is 16.1 Å². The molecule has 146 valence electrons. The number of rotatable bonds is 3. The predicted octanol–water partition coefficient (Wildman–Crippen LogP) is 2.07. The first kappa shape index (κ1) is 20.9. The Morgan fingerprint density at radius 1 is 1.33 bits per heavy atom. The lowest BCUT2D eigenvalue weighted by molar-refractivity contribution is -0.137. The van der Waals surface area contributed by atoms with Gasteiger partial charge in [0.25, 0.3) is 5.91 Å². The minimum Gasteiger partial charge on any atom is -0.346 e. The number of alkyl halides is 3. The first-order valence-corrected chi connectivity index (χ1v) is 8.06. The Kier molecular flexibility index (Phi) is 6.27. The quantitative estimate of drug-likeness (QED) is 0.824. The van der Waals surface area contributed by atoms with E-state index >= 15 is 0 Å². The maximum atomic E-state index is 13.3. The van der Waals surface area contributed by atoms with Crippen LogP contribution in [0.3, 0.4) is 0 Å². The highest BCUT2D eigenvalue weighted by molar-refractivity contribution is 5.92. The highest BCUT2D eigenvalue weighted by atomic mass is 35.5. The summed E-state index contributed by atoms with van der Waals surface area (Å²) in [5.41, 5.74) is -2.00. The van der Waals surface area contributed by atoms with Crippen LogP contribution in [0, 0.1) is 6.92 Å². The lowest BCUT2D eigenvalue weighted by Crippen LogP contribution is -2.39. The number of halogens is 4. The zero-order valence-corrected chi connectivity index (χ0v) is 15.2. The van der Waals surface area contributed by atoms with Crippen molar-refractivity contribution in [3.63, 3.8) is 0 Å². The fourth-order valence-corrected chi connectivity index (χ4v) is 2.88. The Bertz CT molecular complexity index is 892. The van der Waals surface area contributed by atoms with Gasteiger partial charge in [-0.05, 0) is 32.0 Å². The molecule has 0 aliphatic carbocycles. The predicted molar refractivity (Wildman–Crippen MR) is 95.6 cm³/mol. The molecular weight excluding hydrogens is 385 g/mol. The van der Waals surface area contributed by atoms with Crippen LogP contribution in [-0.2, 0) is 6.18 Å². The van der Waals surface area contributed by atoms with Crippen LogP contribution in [0.15, 0.2) is 35.1 Å². The van der Waals surface area contributed by atoms with Gasteiger partial charge in [-0.3, -0.25) is 9.59 Å². The average molecular weight is 403 g/mol. The van der Waals surface area contributed by atoms with Crippen molar-refractivity contribution in [2.45, 2.75) is 25.6 Å². The number of nitrogens with one attached hydrogen (secondary N) is 2. The summed E-state index contributed by atoms with van der Waals surface area (Å²) in [6, 6.07) is 5.86. The molecule has 1 aliphatic rings. The van der Waals surface area contributed by atoms with Crippen molar-refractivity contribution in [2.75, 3.05) is 13.1 Å². The largest absolute Gasteiger partial charge is 0.418 e. The van der Waals surface area contributed by atoms with E-state index in [0.29, 0.717) is 13.0 Å². The molecule has 0 saturated carbocycles. The van der Waals surface area contributed by atoms with E-state index < -0.39 is 28.8 Å². The molecule has 0 bridgehead atoms. The fraction of sp³-hybridized carbons (Fsp3) is 0.353. The molecule has 1 aromatic carbocycles. The summed E-state index contributed by atoms with van der Waals surface area (Å²) in [7, 11) is 0. The molecule has 10 heteroatoms. The summed E-state index contributed by atoms with van der Waals surface area (Å²) in [4.78, 5) is 24.5. The van der Waals surface area contributed by atoms with E-state index in [1.165, 1.54) is 25.1 Å². The summed E-state index contributed by atoms with van der Waals surface area (Å²) in [6.07, 6.45) is -3.88. The first-order valence-electron chi connectivity index (χ1n) is 8.06. The zero-order valence-electron chi connectivity index (χ0n) is 14.3. The molecule has 1 saturated heterocycles. The van der Waals surface area contributed by atoms with Crippen molar-refractivity contribution in [3.05, 3.63) is 57.5 Å². The lowest BCUT2D eigenvalue weighted by Gasteiger charge is -2.17. The van der Waals surface area contributed by atoms with Crippen molar-refractivity contribution in [2.24, 2.45) is 0 Å². The van der Waals surface area contributed by atoms with Gasteiger partial charge in [-0.25, -0.2) is 4.68 Å². The molecule has 3 rings (SSSR count). The second kappa shape index (κ2) is 8.10. The number of benzene rings is 1. The van der Waals surface area contributed by atoms with E-state index in [-0.39, 0.29) is 29.8 Å². The normalized spacial score (nSPS) is 16.7. The van der Waals surface area contributed by atoms with Crippen LogP contribution in [0.4, 0.5) is 13.2 Å². The molecule has 2 heterocycles. The van der Waals surface area contributed by atoms with Gasteiger partial charge in [0.2, 0.25) is 5.43 Å². The molecule has 1 atom stereocenters. The molecule has 1 aromatic heterocycles. The smallest absolute Gasteiger partial charge is 0.346 e. The van der Waals surface area contributed by atoms with Crippen LogP contribution in [0.2, 0.25) is 0 Å². The van der Waals surface area contributed by atoms with E-state index in [4.69, 9.17) is 0 Å². The Morgan fingerprint density at radius 3 is 2.67 bits per heavy atom. The Labute approximate surface area is 159 Å². The summed E-state index contributed by atoms with van der Waals surface area (Å²) in [5.74, 6) is -0.693. The van der Waals surface area contributed by atoms with Crippen molar-refractivity contribution in [3.8, 4) is 5.69 Å². The Balaban J connectivity index is 0.00000261. The van der Waals surface area contributed by atoms with E-state index in [0.717, 1.165) is 23.4 Å². The van der Waals surface area contributed by atoms with Crippen molar-refractivity contribution >= 4 is 18.3 Å². The van der Waals surface area contributed by atoms with E-state index in [2.05, 4.69) is 15.7 Å². The summed E-state index contributed by atoms with van der Waals surface area (Å²) in [6.45, 7) is 2.78. The topological polar surface area (TPSA) is 76.0 Å². The van der Waals surface area contributed by atoms with Gasteiger partial charge in [-0.15, -0.1) is 12.4 Å². The minimum atomic E-state index is -4.59. The third kappa shape index (κ3) is 4.48. The zero-order chi connectivity index (χ0) is 18.9. The Morgan fingerprint density at radius 2 is 2.04 bits per heavy atom. The molecular formula is C17H18ClF3N4O2. The number of para-hydroxylation sites is 1. The number of hydrogen-bond acceptors (Lipinski definition) is 4. The number of carbonyl (C=O) groups excluding carboxylic acids is 1. The highest BCUT2D eigenvalue weighted by Gasteiger charge is 2.34. The standard InChI is InChI=1S/C17H17F3N4O2.ClH/c1-10-8-14(25)15(16(26)22-11-6-7-21-9-11)23-24(10)13-5-3-2-4-12(13)17(18,19)20;/h2-5,8,11,21H,6-7,9H2,1H3,(H,22,26);1H. The second-order valence-electron chi connectivity index (χ2n) is 6.09. The van der Waals surface area contributed by atoms with Gasteiger partial charge in [-0.1, -0.05) is 12.1 Å². The maximum Gasteiger partial charge on any atom is 0.418 e. The molecule has 1 amide bonds. The molecule has 1 fully saturated rings. The molecule has 0 radical (unpaired) electrons. The number of carbonyl (C=O) groups is 1. The van der Waals surface area contributed by atoms with Gasteiger partial charge in [0.05, 0.1) is 11.3 Å². The number of amides is 1.